The number of aromatic nitrogens is 1. The quantitative estimate of drug-likeness (QED) is 0.607. The molecule has 0 atom stereocenters. The van der Waals surface area contributed by atoms with E-state index in [-0.39, 0.29) is 6.09 Å². The molecule has 0 aliphatic carbocycles. The average Bonchev–Trinajstić information content (AvgIpc) is 2.69. The number of rotatable bonds is 2. The van der Waals surface area contributed by atoms with Crippen LogP contribution in [0.1, 0.15) is 32.0 Å². The number of nitro groups is 1. The SMILES string of the molecule is CC(C)(C)OC(=O)N1CCc2c(C=C[N+](=O)[O-])c3ccccc3n2CC1. The third kappa shape index (κ3) is 3.71. The van der Waals surface area contributed by atoms with E-state index < -0.39 is 10.5 Å². The van der Waals surface area contributed by atoms with Gasteiger partial charge in [0, 0.05) is 54.3 Å². The van der Waals surface area contributed by atoms with E-state index in [4.69, 9.17) is 4.74 Å². The molecule has 0 radical (unpaired) electrons. The van der Waals surface area contributed by atoms with Crippen molar-refractivity contribution in [1.29, 1.82) is 0 Å². The molecule has 0 saturated heterocycles. The number of para-hydroxylation sites is 1. The molecule has 1 aliphatic rings. The van der Waals surface area contributed by atoms with Crippen LogP contribution >= 0.6 is 0 Å². The molecule has 26 heavy (non-hydrogen) atoms. The van der Waals surface area contributed by atoms with Gasteiger partial charge >= 0.3 is 6.09 Å². The maximum Gasteiger partial charge on any atom is 0.410 e. The monoisotopic (exact) mass is 357 g/mol. The molecule has 1 amide bonds. The fourth-order valence-corrected chi connectivity index (χ4v) is 3.31. The van der Waals surface area contributed by atoms with E-state index in [1.54, 1.807) is 11.0 Å². The van der Waals surface area contributed by atoms with Crippen molar-refractivity contribution in [3.05, 3.63) is 51.8 Å². The first kappa shape index (κ1) is 18.0. The van der Waals surface area contributed by atoms with Gasteiger partial charge in [0.1, 0.15) is 5.60 Å². The topological polar surface area (TPSA) is 77.6 Å². The van der Waals surface area contributed by atoms with Crippen molar-refractivity contribution in [3.63, 3.8) is 0 Å². The molecule has 1 aromatic heterocycles. The summed E-state index contributed by atoms with van der Waals surface area (Å²) in [6.07, 6.45) is 2.82. The lowest BCUT2D eigenvalue weighted by Gasteiger charge is -2.26. The number of ether oxygens (including phenoxy) is 1. The van der Waals surface area contributed by atoms with Crippen molar-refractivity contribution < 1.29 is 14.5 Å². The highest BCUT2D eigenvalue weighted by atomic mass is 16.6. The van der Waals surface area contributed by atoms with Crippen molar-refractivity contribution in [3.8, 4) is 0 Å². The summed E-state index contributed by atoms with van der Waals surface area (Å²) in [5.74, 6) is 0. The Labute approximate surface area is 152 Å². The Morgan fingerprint density at radius 3 is 2.65 bits per heavy atom. The summed E-state index contributed by atoms with van der Waals surface area (Å²) in [7, 11) is 0. The molecule has 0 N–H and O–H groups in total. The molecule has 2 heterocycles. The smallest absolute Gasteiger partial charge is 0.410 e. The summed E-state index contributed by atoms with van der Waals surface area (Å²) in [5, 5.41) is 11.8. The average molecular weight is 357 g/mol. The summed E-state index contributed by atoms with van der Waals surface area (Å²) in [6, 6.07) is 7.86. The number of amides is 1. The molecule has 0 spiro atoms. The Balaban J connectivity index is 1.94. The van der Waals surface area contributed by atoms with Crippen LogP contribution < -0.4 is 0 Å². The van der Waals surface area contributed by atoms with Crippen molar-refractivity contribution in [2.45, 2.75) is 39.3 Å². The highest BCUT2D eigenvalue weighted by Crippen LogP contribution is 2.29. The van der Waals surface area contributed by atoms with E-state index in [1.165, 1.54) is 0 Å². The molecule has 1 aliphatic heterocycles. The Morgan fingerprint density at radius 1 is 1.23 bits per heavy atom. The summed E-state index contributed by atoms with van der Waals surface area (Å²) >= 11 is 0. The van der Waals surface area contributed by atoms with Gasteiger partial charge in [-0.2, -0.15) is 0 Å². The van der Waals surface area contributed by atoms with Crippen LogP contribution in [0.25, 0.3) is 17.0 Å². The van der Waals surface area contributed by atoms with Crippen molar-refractivity contribution in [1.82, 2.24) is 9.47 Å². The molecular weight excluding hydrogens is 334 g/mol. The molecule has 2 aromatic rings. The zero-order valence-corrected chi connectivity index (χ0v) is 15.3. The van der Waals surface area contributed by atoms with Crippen LogP contribution in [0.2, 0.25) is 0 Å². The van der Waals surface area contributed by atoms with Gasteiger partial charge in [-0.05, 0) is 26.8 Å². The van der Waals surface area contributed by atoms with Gasteiger partial charge in [-0.25, -0.2) is 4.79 Å². The predicted octanol–water partition coefficient (Wildman–Crippen LogP) is 3.68. The van der Waals surface area contributed by atoms with Gasteiger partial charge in [-0.1, -0.05) is 18.2 Å². The number of hydrogen-bond acceptors (Lipinski definition) is 4. The fourth-order valence-electron chi connectivity index (χ4n) is 3.31. The Hall–Kier alpha value is -2.83. The molecule has 138 valence electrons. The van der Waals surface area contributed by atoms with E-state index in [2.05, 4.69) is 4.57 Å². The first-order chi connectivity index (χ1) is 12.3. The van der Waals surface area contributed by atoms with E-state index in [1.807, 2.05) is 45.0 Å². The van der Waals surface area contributed by atoms with Crippen LogP contribution in [-0.4, -0.2) is 39.2 Å². The second kappa shape index (κ2) is 6.82. The lowest BCUT2D eigenvalue weighted by molar-refractivity contribution is -0.400. The lowest BCUT2D eigenvalue weighted by atomic mass is 10.1. The Bertz CT molecular complexity index is 877. The third-order valence-corrected chi connectivity index (χ3v) is 4.35. The Kier molecular flexibility index (Phi) is 4.71. The van der Waals surface area contributed by atoms with Crippen LogP contribution in [0.3, 0.4) is 0 Å². The Morgan fingerprint density at radius 2 is 1.96 bits per heavy atom. The van der Waals surface area contributed by atoms with E-state index in [0.29, 0.717) is 26.1 Å². The zero-order chi connectivity index (χ0) is 18.9. The third-order valence-electron chi connectivity index (χ3n) is 4.35. The van der Waals surface area contributed by atoms with Crippen LogP contribution in [0.15, 0.2) is 30.5 Å². The number of carbonyl (C=O) groups excluding carboxylic acids is 1. The van der Waals surface area contributed by atoms with Gasteiger partial charge in [-0.3, -0.25) is 10.1 Å². The highest BCUT2D eigenvalue weighted by molar-refractivity contribution is 5.91. The largest absolute Gasteiger partial charge is 0.444 e. The van der Waals surface area contributed by atoms with Gasteiger partial charge in [0.15, 0.2) is 0 Å². The molecule has 7 heteroatoms. The molecule has 0 fully saturated rings. The minimum absolute atomic E-state index is 0.324. The number of benzene rings is 1. The molecule has 0 unspecified atom stereocenters. The summed E-state index contributed by atoms with van der Waals surface area (Å²) < 4.78 is 7.63. The van der Waals surface area contributed by atoms with Crippen molar-refractivity contribution in [2.75, 3.05) is 13.1 Å². The summed E-state index contributed by atoms with van der Waals surface area (Å²) in [4.78, 5) is 24.4. The first-order valence-corrected chi connectivity index (χ1v) is 8.66. The highest BCUT2D eigenvalue weighted by Gasteiger charge is 2.26. The van der Waals surface area contributed by atoms with E-state index >= 15 is 0 Å². The second-order valence-corrected chi connectivity index (χ2v) is 7.35. The van der Waals surface area contributed by atoms with Crippen LogP contribution in [0.4, 0.5) is 4.79 Å². The van der Waals surface area contributed by atoms with Crippen molar-refractivity contribution >= 4 is 23.1 Å². The molecule has 0 saturated carbocycles. The fraction of sp³-hybridized carbons (Fsp3) is 0.421. The minimum atomic E-state index is -0.537. The van der Waals surface area contributed by atoms with Gasteiger partial charge in [-0.15, -0.1) is 0 Å². The van der Waals surface area contributed by atoms with E-state index in [0.717, 1.165) is 28.4 Å². The molecule has 7 nitrogen and oxygen atoms in total. The molecule has 3 rings (SSSR count). The standard InChI is InChI=1S/C19H23N3O4/c1-19(2,3)26-18(23)20-10-9-17-15(8-11-22(24)25)14-6-4-5-7-16(14)21(17)13-12-20/h4-8,11H,9-10,12-13H2,1-3H3. The number of hydrogen-bond donors (Lipinski definition) is 0. The number of fused-ring (bicyclic) bond motifs is 3. The van der Waals surface area contributed by atoms with Crippen LogP contribution in [-0.2, 0) is 17.7 Å². The number of nitrogens with zero attached hydrogens (tertiary/aromatic N) is 3. The molecule has 1 aromatic carbocycles. The summed E-state index contributed by atoms with van der Waals surface area (Å²) in [6.45, 7) is 7.23. The first-order valence-electron chi connectivity index (χ1n) is 8.66. The van der Waals surface area contributed by atoms with Gasteiger partial charge < -0.3 is 14.2 Å². The van der Waals surface area contributed by atoms with Crippen LogP contribution in [0.5, 0.6) is 0 Å². The maximum atomic E-state index is 12.4. The van der Waals surface area contributed by atoms with Gasteiger partial charge in [0.05, 0.1) is 4.92 Å². The van der Waals surface area contributed by atoms with Crippen molar-refractivity contribution in [2.24, 2.45) is 0 Å². The van der Waals surface area contributed by atoms with Gasteiger partial charge in [0.2, 0.25) is 6.20 Å². The minimum Gasteiger partial charge on any atom is -0.444 e. The van der Waals surface area contributed by atoms with E-state index in [9.17, 15) is 14.9 Å². The molecule has 0 bridgehead atoms. The number of carbonyl (C=O) groups is 1. The van der Waals surface area contributed by atoms with Crippen LogP contribution in [0, 0.1) is 10.1 Å². The predicted molar refractivity (Wildman–Crippen MR) is 99.5 cm³/mol. The summed E-state index contributed by atoms with van der Waals surface area (Å²) in [5.41, 5.74) is 2.35. The zero-order valence-electron chi connectivity index (χ0n) is 15.3. The lowest BCUT2D eigenvalue weighted by Crippen LogP contribution is -2.38. The molecular formula is C19H23N3O4. The normalized spacial score (nSPS) is 15.1. The maximum absolute atomic E-state index is 12.4. The second-order valence-electron chi connectivity index (χ2n) is 7.35. The van der Waals surface area contributed by atoms with Gasteiger partial charge in [0.25, 0.3) is 0 Å².